The summed E-state index contributed by atoms with van der Waals surface area (Å²) in [6.45, 7) is 0. The number of carboxylic acids is 1. The molecule has 156 valence electrons. The van der Waals surface area contributed by atoms with E-state index >= 15 is 0 Å². The fourth-order valence-electron chi connectivity index (χ4n) is 5.52. The average molecular weight is 414 g/mol. The zero-order chi connectivity index (χ0) is 20.9. The molecule has 3 fully saturated rings. The number of hydrogen-bond donors (Lipinski definition) is 3. The van der Waals surface area contributed by atoms with E-state index in [1.807, 2.05) is 30.5 Å². The Kier molecular flexibility index (Phi) is 4.12. The highest BCUT2D eigenvalue weighted by atomic mass is 16.4. The number of para-hydroxylation sites is 1. The fourth-order valence-corrected chi connectivity index (χ4v) is 5.52. The second-order valence-corrected chi connectivity index (χ2v) is 8.61. The molecule has 0 aliphatic heterocycles. The molecule has 3 aliphatic rings. The molecule has 2 atom stereocenters. The molecule has 2 bridgehead atoms. The van der Waals surface area contributed by atoms with Gasteiger partial charge in [0.05, 0.1) is 11.4 Å². The van der Waals surface area contributed by atoms with E-state index in [9.17, 15) is 9.90 Å². The first-order valence-electron chi connectivity index (χ1n) is 10.7. The highest BCUT2D eigenvalue weighted by molar-refractivity contribution is 5.95. The number of nitrogens with zero attached hydrogens (tertiary/aromatic N) is 4. The quantitative estimate of drug-likeness (QED) is 0.464. The molecule has 3 heterocycles. The van der Waals surface area contributed by atoms with Crippen LogP contribution in [0.1, 0.15) is 25.7 Å². The van der Waals surface area contributed by atoms with Crippen molar-refractivity contribution >= 4 is 33.7 Å². The van der Waals surface area contributed by atoms with Crippen molar-refractivity contribution in [1.82, 2.24) is 24.9 Å². The van der Waals surface area contributed by atoms with Crippen LogP contribution in [0, 0.1) is 17.8 Å². The van der Waals surface area contributed by atoms with Gasteiger partial charge in [0.25, 0.3) is 0 Å². The Morgan fingerprint density at radius 3 is 2.71 bits per heavy atom. The van der Waals surface area contributed by atoms with Gasteiger partial charge < -0.3 is 15.4 Å². The van der Waals surface area contributed by atoms with Crippen molar-refractivity contribution in [3.63, 3.8) is 0 Å². The van der Waals surface area contributed by atoms with Crippen LogP contribution in [0.2, 0.25) is 0 Å². The van der Waals surface area contributed by atoms with E-state index in [2.05, 4.69) is 20.3 Å². The molecular formula is C23H22N6O2. The Hall–Kier alpha value is -3.55. The van der Waals surface area contributed by atoms with Crippen molar-refractivity contribution in [2.75, 3.05) is 5.32 Å². The van der Waals surface area contributed by atoms with Crippen LogP contribution < -0.4 is 5.32 Å². The Morgan fingerprint density at radius 1 is 1.06 bits per heavy atom. The first-order valence-corrected chi connectivity index (χ1v) is 10.7. The monoisotopic (exact) mass is 414 g/mol. The van der Waals surface area contributed by atoms with E-state index in [-0.39, 0.29) is 17.9 Å². The summed E-state index contributed by atoms with van der Waals surface area (Å²) in [6.07, 6.45) is 9.25. The van der Waals surface area contributed by atoms with Crippen LogP contribution in [0.15, 0.2) is 43.0 Å². The maximum absolute atomic E-state index is 12.1. The number of aromatic amines is 1. The minimum atomic E-state index is -0.709. The summed E-state index contributed by atoms with van der Waals surface area (Å²) in [4.78, 5) is 33.3. The van der Waals surface area contributed by atoms with Crippen LogP contribution in [0.3, 0.4) is 0 Å². The molecule has 3 aliphatic carbocycles. The third-order valence-electron chi connectivity index (χ3n) is 7.01. The second kappa shape index (κ2) is 7.01. The zero-order valence-corrected chi connectivity index (χ0v) is 16.8. The van der Waals surface area contributed by atoms with Gasteiger partial charge >= 0.3 is 5.97 Å². The molecule has 0 amide bonds. The minimum Gasteiger partial charge on any atom is -0.481 e. The SMILES string of the molecule is O=C(O)[C@H]1C2CCC(CC2)[C@@H]1Nc1nc(-c2c[nH]c3ncncc23)nc2ccccc12. The molecule has 8 heteroatoms. The van der Waals surface area contributed by atoms with Gasteiger partial charge in [0.2, 0.25) is 0 Å². The van der Waals surface area contributed by atoms with Gasteiger partial charge in [0.1, 0.15) is 17.8 Å². The van der Waals surface area contributed by atoms with E-state index in [0.717, 1.165) is 53.2 Å². The Labute approximate surface area is 178 Å². The fraction of sp³-hybridized carbons (Fsp3) is 0.348. The number of anilines is 1. The number of nitrogens with one attached hydrogen (secondary N) is 2. The van der Waals surface area contributed by atoms with E-state index in [4.69, 9.17) is 9.97 Å². The summed E-state index contributed by atoms with van der Waals surface area (Å²) < 4.78 is 0. The first kappa shape index (κ1) is 18.2. The number of aromatic nitrogens is 5. The smallest absolute Gasteiger partial charge is 0.308 e. The van der Waals surface area contributed by atoms with E-state index < -0.39 is 5.97 Å². The van der Waals surface area contributed by atoms with Crippen molar-refractivity contribution in [2.45, 2.75) is 31.7 Å². The Bertz CT molecular complexity index is 1290. The van der Waals surface area contributed by atoms with Crippen molar-refractivity contribution < 1.29 is 9.90 Å². The molecule has 0 spiro atoms. The number of H-pyrrole nitrogens is 1. The maximum atomic E-state index is 12.1. The van der Waals surface area contributed by atoms with Gasteiger partial charge in [-0.2, -0.15) is 0 Å². The second-order valence-electron chi connectivity index (χ2n) is 8.61. The molecule has 7 rings (SSSR count). The van der Waals surface area contributed by atoms with E-state index in [1.54, 1.807) is 6.20 Å². The minimum absolute atomic E-state index is 0.123. The molecule has 0 saturated heterocycles. The predicted octanol–water partition coefficient (Wildman–Crippen LogP) is 3.87. The molecule has 0 radical (unpaired) electrons. The molecule has 3 saturated carbocycles. The molecule has 1 aromatic carbocycles. The highest BCUT2D eigenvalue weighted by Crippen LogP contribution is 2.46. The summed E-state index contributed by atoms with van der Waals surface area (Å²) in [6, 6.07) is 7.72. The molecule has 0 unspecified atom stereocenters. The standard InChI is InChI=1S/C23H22N6O2/c30-23(31)18-12-5-7-13(8-6-12)19(18)28-21-14-3-1-2-4-17(14)27-22(29-21)16-10-25-20-15(16)9-24-11-26-20/h1-4,9-13,18-19H,5-8H2,(H,30,31)(H,24,25,26)(H,27,28,29)/t12?,13?,18-,19-/m0/s1. The topological polar surface area (TPSA) is 117 Å². The average Bonchev–Trinajstić information content (AvgIpc) is 3.24. The summed E-state index contributed by atoms with van der Waals surface area (Å²) >= 11 is 0. The van der Waals surface area contributed by atoms with Crippen LogP contribution in [0.4, 0.5) is 5.82 Å². The van der Waals surface area contributed by atoms with Crippen molar-refractivity contribution in [2.24, 2.45) is 17.8 Å². The summed E-state index contributed by atoms with van der Waals surface area (Å²) in [5, 5.41) is 15.3. The maximum Gasteiger partial charge on any atom is 0.308 e. The van der Waals surface area contributed by atoms with E-state index in [1.165, 1.54) is 6.33 Å². The number of aliphatic carboxylic acids is 1. The molecular weight excluding hydrogens is 392 g/mol. The third kappa shape index (κ3) is 2.93. The van der Waals surface area contributed by atoms with Crippen LogP contribution in [0.25, 0.3) is 33.3 Å². The van der Waals surface area contributed by atoms with Gasteiger partial charge in [-0.05, 0) is 49.7 Å². The Morgan fingerprint density at radius 2 is 1.87 bits per heavy atom. The van der Waals surface area contributed by atoms with Gasteiger partial charge in [0, 0.05) is 34.8 Å². The van der Waals surface area contributed by atoms with Crippen LogP contribution >= 0.6 is 0 Å². The molecule has 31 heavy (non-hydrogen) atoms. The lowest BCUT2D eigenvalue weighted by Crippen LogP contribution is -2.51. The van der Waals surface area contributed by atoms with Crippen LogP contribution in [0.5, 0.6) is 0 Å². The van der Waals surface area contributed by atoms with Gasteiger partial charge in [-0.1, -0.05) is 12.1 Å². The summed E-state index contributed by atoms with van der Waals surface area (Å²) in [5.74, 6) is 0.749. The van der Waals surface area contributed by atoms with Crippen molar-refractivity contribution in [3.8, 4) is 11.4 Å². The molecule has 3 aromatic heterocycles. The lowest BCUT2D eigenvalue weighted by molar-refractivity contribution is -0.148. The number of carboxylic acid groups (broad SMARTS) is 1. The normalized spacial score (nSPS) is 25.2. The highest BCUT2D eigenvalue weighted by Gasteiger charge is 2.47. The van der Waals surface area contributed by atoms with Gasteiger partial charge in [-0.3, -0.25) is 4.79 Å². The number of hydrogen-bond acceptors (Lipinski definition) is 6. The van der Waals surface area contributed by atoms with Crippen LogP contribution in [-0.2, 0) is 4.79 Å². The number of rotatable bonds is 4. The molecule has 3 N–H and O–H groups in total. The lowest BCUT2D eigenvalue weighted by atomic mass is 9.61. The van der Waals surface area contributed by atoms with Gasteiger partial charge in [-0.15, -0.1) is 0 Å². The molecule has 8 nitrogen and oxygen atoms in total. The van der Waals surface area contributed by atoms with Crippen LogP contribution in [-0.4, -0.2) is 42.0 Å². The van der Waals surface area contributed by atoms with Crippen molar-refractivity contribution in [3.05, 3.63) is 43.0 Å². The molecule has 4 aromatic rings. The number of benzene rings is 1. The number of carbonyl (C=O) groups is 1. The largest absolute Gasteiger partial charge is 0.481 e. The zero-order valence-electron chi connectivity index (χ0n) is 16.8. The van der Waals surface area contributed by atoms with E-state index in [0.29, 0.717) is 17.6 Å². The van der Waals surface area contributed by atoms with Gasteiger partial charge in [0.15, 0.2) is 5.82 Å². The van der Waals surface area contributed by atoms with Gasteiger partial charge in [-0.25, -0.2) is 19.9 Å². The third-order valence-corrected chi connectivity index (χ3v) is 7.01. The Balaban J connectivity index is 1.48. The first-order chi connectivity index (χ1) is 15.2. The summed E-state index contributed by atoms with van der Waals surface area (Å²) in [7, 11) is 0. The summed E-state index contributed by atoms with van der Waals surface area (Å²) in [5.41, 5.74) is 2.37. The van der Waals surface area contributed by atoms with Crippen molar-refractivity contribution in [1.29, 1.82) is 0 Å². The number of fused-ring (bicyclic) bond motifs is 5. The lowest BCUT2D eigenvalue weighted by Gasteiger charge is -2.47. The predicted molar refractivity (Wildman–Crippen MR) is 116 cm³/mol.